The number of thiophene rings is 1. The van der Waals surface area contributed by atoms with E-state index in [0.29, 0.717) is 12.0 Å². The molecule has 4 N–H and O–H groups in total. The largest absolute Gasteiger partial charge is 0.367 e. The highest BCUT2D eigenvalue weighted by Gasteiger charge is 2.25. The zero-order chi connectivity index (χ0) is 13.9. The molecule has 1 aliphatic carbocycles. The maximum atomic E-state index is 5.45. The molecular weight excluding hydrogens is 290 g/mol. The molecule has 0 saturated heterocycles. The second kappa shape index (κ2) is 6.15. The molecule has 0 amide bonds. The second-order valence-corrected chi connectivity index (χ2v) is 7.38. The molecule has 108 valence electrons. The van der Waals surface area contributed by atoms with Gasteiger partial charge in [-0.25, -0.2) is 10.8 Å². The van der Waals surface area contributed by atoms with Crippen LogP contribution in [0.1, 0.15) is 26.2 Å². The summed E-state index contributed by atoms with van der Waals surface area (Å²) in [6.45, 7) is 2.23. The lowest BCUT2D eigenvalue weighted by Crippen LogP contribution is -2.18. The fourth-order valence-corrected chi connectivity index (χ4v) is 4.59. The molecule has 2 atom stereocenters. The van der Waals surface area contributed by atoms with Gasteiger partial charge >= 0.3 is 0 Å². The van der Waals surface area contributed by atoms with Gasteiger partial charge in [0.2, 0.25) is 5.95 Å². The van der Waals surface area contributed by atoms with E-state index in [1.807, 2.05) is 5.38 Å². The highest BCUT2D eigenvalue weighted by Crippen LogP contribution is 2.33. The van der Waals surface area contributed by atoms with Crippen molar-refractivity contribution in [3.05, 3.63) is 11.4 Å². The van der Waals surface area contributed by atoms with Gasteiger partial charge in [-0.15, -0.1) is 11.3 Å². The summed E-state index contributed by atoms with van der Waals surface area (Å²) in [5.74, 6) is 8.01. The maximum absolute atomic E-state index is 5.45. The summed E-state index contributed by atoms with van der Waals surface area (Å²) in [6, 6.07) is 2.57. The van der Waals surface area contributed by atoms with Crippen LogP contribution in [0.15, 0.2) is 11.4 Å². The third-order valence-electron chi connectivity index (χ3n) is 3.58. The second-order valence-electron chi connectivity index (χ2n) is 4.91. The van der Waals surface area contributed by atoms with Gasteiger partial charge in [0.15, 0.2) is 0 Å². The molecule has 2 aromatic rings. The first-order valence-electron chi connectivity index (χ1n) is 6.90. The smallest absolute Gasteiger partial charge is 0.240 e. The van der Waals surface area contributed by atoms with Crippen molar-refractivity contribution < 1.29 is 0 Å². The van der Waals surface area contributed by atoms with Crippen LogP contribution in [0.4, 0.5) is 11.8 Å². The molecule has 0 aromatic carbocycles. The third kappa shape index (κ3) is 2.84. The fraction of sp³-hybridized carbons (Fsp3) is 0.538. The number of thioether (sulfide) groups is 1. The molecule has 20 heavy (non-hydrogen) atoms. The minimum Gasteiger partial charge on any atom is -0.367 e. The van der Waals surface area contributed by atoms with E-state index in [0.717, 1.165) is 21.3 Å². The molecule has 0 spiro atoms. The number of anilines is 2. The Balaban J connectivity index is 1.78. The van der Waals surface area contributed by atoms with Crippen LogP contribution in [-0.2, 0) is 0 Å². The Hall–Kier alpha value is -1.05. The summed E-state index contributed by atoms with van der Waals surface area (Å²) in [7, 11) is 0. The molecule has 7 heteroatoms. The monoisotopic (exact) mass is 309 g/mol. The quantitative estimate of drug-likeness (QED) is 0.582. The molecule has 0 aliphatic heterocycles. The number of hydrogen-bond donors (Lipinski definition) is 3. The van der Waals surface area contributed by atoms with Crippen LogP contribution in [0, 0.1) is 0 Å². The number of nitrogens with zero attached hydrogens (tertiary/aromatic N) is 2. The average molecular weight is 309 g/mol. The highest BCUT2D eigenvalue weighted by molar-refractivity contribution is 7.99. The highest BCUT2D eigenvalue weighted by atomic mass is 32.2. The standard InChI is InChI=1S/C13H19N5S2/c1-2-19-9-4-3-8(7-9)15-11-10-5-6-20-12(10)17-13(16-11)18-14/h5-6,8-9H,2-4,7,14H2,1H3,(H2,15,16,17,18). The Kier molecular flexibility index (Phi) is 4.28. The first-order valence-corrected chi connectivity index (χ1v) is 8.83. The number of aromatic nitrogens is 2. The van der Waals surface area contributed by atoms with Crippen molar-refractivity contribution in [3.8, 4) is 0 Å². The zero-order valence-corrected chi connectivity index (χ0v) is 13.1. The van der Waals surface area contributed by atoms with Gasteiger partial charge in [-0.05, 0) is 36.5 Å². The third-order valence-corrected chi connectivity index (χ3v) is 5.62. The van der Waals surface area contributed by atoms with E-state index in [1.165, 1.54) is 25.0 Å². The van der Waals surface area contributed by atoms with E-state index in [-0.39, 0.29) is 0 Å². The van der Waals surface area contributed by atoms with Crippen molar-refractivity contribution in [2.75, 3.05) is 16.5 Å². The summed E-state index contributed by atoms with van der Waals surface area (Å²) in [5.41, 5.74) is 2.54. The van der Waals surface area contributed by atoms with Gasteiger partial charge < -0.3 is 5.32 Å². The predicted molar refractivity (Wildman–Crippen MR) is 88.4 cm³/mol. The molecule has 5 nitrogen and oxygen atoms in total. The van der Waals surface area contributed by atoms with Crippen molar-refractivity contribution >= 4 is 45.1 Å². The van der Waals surface area contributed by atoms with Gasteiger partial charge in [-0.3, -0.25) is 5.43 Å². The van der Waals surface area contributed by atoms with Crippen LogP contribution in [-0.4, -0.2) is 27.0 Å². The van der Waals surface area contributed by atoms with Crippen LogP contribution < -0.4 is 16.6 Å². The molecule has 3 rings (SSSR count). The van der Waals surface area contributed by atoms with Crippen molar-refractivity contribution in [2.45, 2.75) is 37.5 Å². The van der Waals surface area contributed by atoms with Crippen LogP contribution in [0.3, 0.4) is 0 Å². The van der Waals surface area contributed by atoms with Gasteiger partial charge in [0.1, 0.15) is 10.6 Å². The molecule has 1 fully saturated rings. The van der Waals surface area contributed by atoms with Gasteiger partial charge in [-0.1, -0.05) is 6.92 Å². The van der Waals surface area contributed by atoms with E-state index in [9.17, 15) is 0 Å². The lowest BCUT2D eigenvalue weighted by molar-refractivity contribution is 0.753. The summed E-state index contributed by atoms with van der Waals surface area (Å²) in [6.07, 6.45) is 3.70. The van der Waals surface area contributed by atoms with Crippen LogP contribution in [0.2, 0.25) is 0 Å². The zero-order valence-electron chi connectivity index (χ0n) is 11.4. The normalized spacial score (nSPS) is 22.3. The molecule has 0 radical (unpaired) electrons. The topological polar surface area (TPSA) is 75.9 Å². The molecular formula is C13H19N5S2. The number of nitrogens with one attached hydrogen (secondary N) is 2. The number of nitrogens with two attached hydrogens (primary N) is 1. The molecule has 1 aliphatic rings. The molecule has 2 unspecified atom stereocenters. The number of rotatable bonds is 5. The van der Waals surface area contributed by atoms with Crippen molar-refractivity contribution in [2.24, 2.45) is 5.84 Å². The SMILES string of the molecule is CCSC1CCC(Nc2nc(NN)nc3sccc23)C1. The van der Waals surface area contributed by atoms with E-state index in [2.05, 4.69) is 45.5 Å². The summed E-state index contributed by atoms with van der Waals surface area (Å²) in [4.78, 5) is 9.79. The Labute approximate surface area is 126 Å². The molecule has 1 saturated carbocycles. The summed E-state index contributed by atoms with van der Waals surface area (Å²) in [5, 5.41) is 7.48. The molecule has 2 heterocycles. The summed E-state index contributed by atoms with van der Waals surface area (Å²) >= 11 is 3.67. The van der Waals surface area contributed by atoms with Crippen LogP contribution in [0.5, 0.6) is 0 Å². The Morgan fingerprint density at radius 1 is 1.45 bits per heavy atom. The number of hydrazine groups is 1. The Morgan fingerprint density at radius 2 is 2.35 bits per heavy atom. The number of nitrogen functional groups attached to an aromatic ring is 1. The average Bonchev–Trinajstić information content (AvgIpc) is 3.08. The van der Waals surface area contributed by atoms with Crippen molar-refractivity contribution in [1.29, 1.82) is 0 Å². The molecule has 2 aromatic heterocycles. The van der Waals surface area contributed by atoms with E-state index in [4.69, 9.17) is 5.84 Å². The van der Waals surface area contributed by atoms with Gasteiger partial charge in [0, 0.05) is 11.3 Å². The predicted octanol–water partition coefficient (Wildman–Crippen LogP) is 3.06. The van der Waals surface area contributed by atoms with Gasteiger partial charge in [0.05, 0.1) is 5.39 Å². The Bertz CT molecular complexity index is 585. The van der Waals surface area contributed by atoms with Gasteiger partial charge in [0.25, 0.3) is 0 Å². The minimum atomic E-state index is 0.472. The number of hydrogen-bond acceptors (Lipinski definition) is 7. The van der Waals surface area contributed by atoms with Crippen molar-refractivity contribution in [3.63, 3.8) is 0 Å². The Morgan fingerprint density at radius 3 is 3.15 bits per heavy atom. The van der Waals surface area contributed by atoms with E-state index in [1.54, 1.807) is 11.3 Å². The van der Waals surface area contributed by atoms with Gasteiger partial charge in [-0.2, -0.15) is 16.7 Å². The van der Waals surface area contributed by atoms with Crippen LogP contribution >= 0.6 is 23.1 Å². The van der Waals surface area contributed by atoms with E-state index < -0.39 is 0 Å². The minimum absolute atomic E-state index is 0.472. The lowest BCUT2D eigenvalue weighted by Gasteiger charge is -2.15. The van der Waals surface area contributed by atoms with Crippen LogP contribution in [0.25, 0.3) is 10.2 Å². The molecule has 0 bridgehead atoms. The first-order chi connectivity index (χ1) is 9.80. The maximum Gasteiger partial charge on any atom is 0.240 e. The number of fused-ring (bicyclic) bond motifs is 1. The fourth-order valence-electron chi connectivity index (χ4n) is 2.68. The summed E-state index contributed by atoms with van der Waals surface area (Å²) < 4.78 is 0. The lowest BCUT2D eigenvalue weighted by atomic mass is 10.2. The van der Waals surface area contributed by atoms with Crippen molar-refractivity contribution in [1.82, 2.24) is 9.97 Å². The first kappa shape index (κ1) is 13.9. The van der Waals surface area contributed by atoms with E-state index >= 15 is 0 Å².